The fraction of sp³-hybridized carbons (Fsp3) is 0.273. The van der Waals surface area contributed by atoms with Crippen molar-refractivity contribution in [2.45, 2.75) is 13.3 Å². The summed E-state index contributed by atoms with van der Waals surface area (Å²) in [7, 11) is 0. The number of imide groups is 1. The molecule has 1 N–H and O–H groups in total. The molecule has 1 saturated heterocycles. The summed E-state index contributed by atoms with van der Waals surface area (Å²) in [4.78, 5) is 38.2. The molecule has 2 fully saturated rings. The minimum atomic E-state index is -0.503. The number of nitrogens with zero attached hydrogens (tertiary/aromatic N) is 2. The Labute approximate surface area is 167 Å². The van der Waals surface area contributed by atoms with Crippen LogP contribution in [0.5, 0.6) is 0 Å². The number of nitro benzene ring substituents is 1. The number of amides is 2. The van der Waals surface area contributed by atoms with E-state index in [1.807, 2.05) is 43.3 Å². The van der Waals surface area contributed by atoms with Crippen LogP contribution in [-0.4, -0.2) is 16.7 Å². The number of rotatable bonds is 4. The molecule has 2 bridgehead atoms. The number of carbonyl (C=O) groups is 2. The number of hydrogen-bond acceptors (Lipinski definition) is 5. The van der Waals surface area contributed by atoms with Gasteiger partial charge in [-0.2, -0.15) is 0 Å². The standard InChI is InChI=1S/C22H19N3O4/c1-12-2-6-15(7-3-12)23-17-9-8-16(11-18(17)25(28)29)24-21(26)19-13-4-5-14(10-13)20(19)22(24)27/h2-9,11,13-14,19-20,23H,10H2,1H3/t13-,14-,19-,20+/m0/s1. The second-order valence-electron chi connectivity index (χ2n) is 7.96. The zero-order chi connectivity index (χ0) is 20.3. The largest absolute Gasteiger partial charge is 0.350 e. The van der Waals surface area contributed by atoms with Crippen molar-refractivity contribution >= 4 is 34.6 Å². The smallest absolute Gasteiger partial charge is 0.294 e. The molecule has 7 heteroatoms. The number of nitrogens with one attached hydrogen (secondary N) is 1. The third kappa shape index (κ3) is 2.65. The van der Waals surface area contributed by atoms with Gasteiger partial charge in [0, 0.05) is 11.8 Å². The van der Waals surface area contributed by atoms with Gasteiger partial charge >= 0.3 is 0 Å². The number of anilines is 3. The highest BCUT2D eigenvalue weighted by Gasteiger charge is 2.59. The average molecular weight is 389 g/mol. The Morgan fingerprint density at radius 1 is 1.00 bits per heavy atom. The monoisotopic (exact) mass is 389 g/mol. The van der Waals surface area contributed by atoms with Gasteiger partial charge in [0.15, 0.2) is 0 Å². The lowest BCUT2D eigenvalue weighted by Crippen LogP contribution is -2.32. The molecule has 29 heavy (non-hydrogen) atoms. The molecule has 2 aromatic carbocycles. The minimum absolute atomic E-state index is 0.101. The average Bonchev–Trinajstić information content (AvgIpc) is 3.38. The lowest BCUT2D eigenvalue weighted by Gasteiger charge is -2.18. The highest BCUT2D eigenvalue weighted by Crippen LogP contribution is 2.53. The number of benzene rings is 2. The van der Waals surface area contributed by atoms with Crippen molar-refractivity contribution in [3.05, 3.63) is 70.3 Å². The molecule has 7 nitrogen and oxygen atoms in total. The molecule has 146 valence electrons. The Kier molecular flexibility index (Phi) is 3.81. The first-order valence-electron chi connectivity index (χ1n) is 9.62. The number of carbonyl (C=O) groups excluding carboxylic acids is 2. The van der Waals surface area contributed by atoms with E-state index in [4.69, 9.17) is 0 Å². The van der Waals surface area contributed by atoms with Gasteiger partial charge in [0.05, 0.1) is 22.4 Å². The summed E-state index contributed by atoms with van der Waals surface area (Å²) in [6.07, 6.45) is 4.90. The predicted molar refractivity (Wildman–Crippen MR) is 108 cm³/mol. The minimum Gasteiger partial charge on any atom is -0.350 e. The van der Waals surface area contributed by atoms with Gasteiger partial charge in [0.2, 0.25) is 11.8 Å². The lowest BCUT2D eigenvalue weighted by molar-refractivity contribution is -0.383. The van der Waals surface area contributed by atoms with Gasteiger partial charge < -0.3 is 5.32 Å². The Bertz CT molecular complexity index is 1050. The number of allylic oxidation sites excluding steroid dienone is 2. The number of hydrogen-bond donors (Lipinski definition) is 1. The molecule has 0 spiro atoms. The normalized spacial score (nSPS) is 26.9. The number of aryl methyl sites for hydroxylation is 1. The maximum Gasteiger partial charge on any atom is 0.294 e. The summed E-state index contributed by atoms with van der Waals surface area (Å²) in [6, 6.07) is 11.9. The number of nitro groups is 1. The van der Waals surface area contributed by atoms with Crippen LogP contribution in [0.4, 0.5) is 22.7 Å². The van der Waals surface area contributed by atoms with E-state index >= 15 is 0 Å². The Balaban J connectivity index is 1.48. The van der Waals surface area contributed by atoms with E-state index in [9.17, 15) is 19.7 Å². The van der Waals surface area contributed by atoms with Crippen molar-refractivity contribution in [1.29, 1.82) is 0 Å². The van der Waals surface area contributed by atoms with E-state index in [-0.39, 0.29) is 46.9 Å². The molecule has 1 aliphatic heterocycles. The van der Waals surface area contributed by atoms with Crippen LogP contribution < -0.4 is 10.2 Å². The molecular formula is C22H19N3O4. The second kappa shape index (κ2) is 6.27. The quantitative estimate of drug-likeness (QED) is 0.370. The zero-order valence-electron chi connectivity index (χ0n) is 15.7. The van der Waals surface area contributed by atoms with Gasteiger partial charge in [-0.05, 0) is 49.4 Å². The maximum atomic E-state index is 13.0. The van der Waals surface area contributed by atoms with E-state index in [0.717, 1.165) is 22.6 Å². The van der Waals surface area contributed by atoms with Gasteiger partial charge in [0.25, 0.3) is 5.69 Å². The van der Waals surface area contributed by atoms with Crippen LogP contribution in [0.15, 0.2) is 54.6 Å². The summed E-state index contributed by atoms with van der Waals surface area (Å²) in [6.45, 7) is 1.96. The first-order valence-corrected chi connectivity index (χ1v) is 9.62. The third-order valence-corrected chi connectivity index (χ3v) is 6.24. The van der Waals surface area contributed by atoms with E-state index in [1.54, 1.807) is 12.1 Å². The first-order chi connectivity index (χ1) is 13.9. The van der Waals surface area contributed by atoms with E-state index in [1.165, 1.54) is 6.07 Å². The van der Waals surface area contributed by atoms with E-state index in [2.05, 4.69) is 5.32 Å². The van der Waals surface area contributed by atoms with Crippen LogP contribution >= 0.6 is 0 Å². The SMILES string of the molecule is Cc1ccc(Nc2ccc(N3C(=O)[C@@H]4[C@H](C3=O)[C@H]3C=C[C@H]4C3)cc2[N+](=O)[O-])cc1. The van der Waals surface area contributed by atoms with Crippen molar-refractivity contribution in [3.8, 4) is 0 Å². The summed E-state index contributed by atoms with van der Waals surface area (Å²) in [5.41, 5.74) is 2.19. The molecular weight excluding hydrogens is 370 g/mol. The number of fused-ring (bicyclic) bond motifs is 5. The van der Waals surface area contributed by atoms with E-state index in [0.29, 0.717) is 5.69 Å². The Morgan fingerprint density at radius 3 is 2.21 bits per heavy atom. The molecule has 2 aromatic rings. The van der Waals surface area contributed by atoms with Crippen LogP contribution in [-0.2, 0) is 9.59 Å². The highest BCUT2D eigenvalue weighted by atomic mass is 16.6. The zero-order valence-corrected chi connectivity index (χ0v) is 15.7. The maximum absolute atomic E-state index is 13.0. The van der Waals surface area contributed by atoms with Crippen LogP contribution in [0.1, 0.15) is 12.0 Å². The molecule has 3 aliphatic rings. The van der Waals surface area contributed by atoms with Crippen molar-refractivity contribution in [2.24, 2.45) is 23.7 Å². The molecule has 4 atom stereocenters. The van der Waals surface area contributed by atoms with Crippen LogP contribution in [0.25, 0.3) is 0 Å². The summed E-state index contributed by atoms with van der Waals surface area (Å²) < 4.78 is 0. The van der Waals surface area contributed by atoms with Crippen molar-refractivity contribution < 1.29 is 14.5 Å². The Morgan fingerprint density at radius 2 is 1.62 bits per heavy atom. The fourth-order valence-electron chi connectivity index (χ4n) is 4.87. The van der Waals surface area contributed by atoms with Gasteiger partial charge in [-0.25, -0.2) is 4.90 Å². The van der Waals surface area contributed by atoms with Gasteiger partial charge in [-0.15, -0.1) is 0 Å². The molecule has 5 rings (SSSR count). The van der Waals surface area contributed by atoms with Crippen molar-refractivity contribution in [1.82, 2.24) is 0 Å². The lowest BCUT2D eigenvalue weighted by atomic mass is 9.85. The van der Waals surface area contributed by atoms with Crippen LogP contribution in [0.3, 0.4) is 0 Å². The summed E-state index contributed by atoms with van der Waals surface area (Å²) in [5.74, 6) is -0.951. The topological polar surface area (TPSA) is 92.6 Å². The fourth-order valence-corrected chi connectivity index (χ4v) is 4.87. The Hall–Kier alpha value is -3.48. The van der Waals surface area contributed by atoms with Gasteiger partial charge in [-0.3, -0.25) is 19.7 Å². The molecule has 2 amide bonds. The molecule has 0 radical (unpaired) electrons. The second-order valence-corrected chi connectivity index (χ2v) is 7.96. The summed E-state index contributed by atoms with van der Waals surface area (Å²) >= 11 is 0. The first kappa shape index (κ1) is 17.6. The van der Waals surface area contributed by atoms with Crippen molar-refractivity contribution in [3.63, 3.8) is 0 Å². The molecule has 1 saturated carbocycles. The highest BCUT2D eigenvalue weighted by molar-refractivity contribution is 6.23. The van der Waals surface area contributed by atoms with Gasteiger partial charge in [0.1, 0.15) is 5.69 Å². The van der Waals surface area contributed by atoms with E-state index < -0.39 is 4.92 Å². The molecule has 0 unspecified atom stereocenters. The predicted octanol–water partition coefficient (Wildman–Crippen LogP) is 3.96. The van der Waals surface area contributed by atoms with Crippen molar-refractivity contribution in [2.75, 3.05) is 10.2 Å². The van der Waals surface area contributed by atoms with Gasteiger partial charge in [-0.1, -0.05) is 29.8 Å². The molecule has 0 aromatic heterocycles. The molecule has 2 aliphatic carbocycles. The molecule has 1 heterocycles. The third-order valence-electron chi connectivity index (χ3n) is 6.24. The summed E-state index contributed by atoms with van der Waals surface area (Å²) in [5, 5.41) is 14.7. The van der Waals surface area contributed by atoms with Crippen LogP contribution in [0, 0.1) is 40.7 Å². The van der Waals surface area contributed by atoms with Crippen LogP contribution in [0.2, 0.25) is 0 Å².